The number of unbranched alkanes of at least 4 members (excludes halogenated alkanes) is 1. The number of hydrogen-bond donors (Lipinski definition) is 3. The second kappa shape index (κ2) is 9.39. The van der Waals surface area contributed by atoms with E-state index in [1.807, 2.05) is 5.38 Å². The molecule has 0 spiro atoms. The Bertz CT molecular complexity index is 692. The molecule has 0 aliphatic rings. The highest BCUT2D eigenvalue weighted by Gasteiger charge is 2.08. The number of carbonyl (C=O) groups excluding carboxylic acids is 1. The Kier molecular flexibility index (Phi) is 7.20. The normalized spacial score (nSPS) is 11.5. The first kappa shape index (κ1) is 18.4. The average molecular weight is 366 g/mol. The zero-order valence-corrected chi connectivity index (χ0v) is 15.6. The van der Waals surface area contributed by atoms with Crippen LogP contribution in [0.25, 0.3) is 10.6 Å². The largest absolute Gasteiger partial charge is 0.370 e. The second-order valence-corrected chi connectivity index (χ2v) is 7.30. The maximum atomic E-state index is 10.9. The molecule has 130 valence electrons. The molecule has 2 aromatic heterocycles. The molecule has 8 heteroatoms. The lowest BCUT2D eigenvalue weighted by Gasteiger charge is -2.02. The molecule has 2 rings (SSSR count). The standard InChI is InChI=1S/C16H23N5OS2/c1-3-4-8-19-15(17)21-16-20-13(10-23-16)14-6-5-12(24-14)7-9-18-11(2)22/h5-6,10H,3-4,7-9H2,1-2H3,(H,18,22)(H3,17,19,20,21). The van der Waals surface area contributed by atoms with Gasteiger partial charge >= 0.3 is 0 Å². The Balaban J connectivity index is 1.94. The summed E-state index contributed by atoms with van der Waals surface area (Å²) in [5.74, 6) is 0.408. The number of amides is 1. The molecule has 0 bridgehead atoms. The van der Waals surface area contributed by atoms with Gasteiger partial charge in [-0.3, -0.25) is 4.79 Å². The zero-order valence-electron chi connectivity index (χ0n) is 14.0. The zero-order chi connectivity index (χ0) is 17.4. The Morgan fingerprint density at radius 1 is 1.33 bits per heavy atom. The summed E-state index contributed by atoms with van der Waals surface area (Å²) < 4.78 is 0. The monoisotopic (exact) mass is 365 g/mol. The number of nitrogens with two attached hydrogens (primary N) is 1. The van der Waals surface area contributed by atoms with Crippen LogP contribution in [0.2, 0.25) is 0 Å². The minimum atomic E-state index is -0.00100. The molecule has 0 atom stereocenters. The second-order valence-electron chi connectivity index (χ2n) is 5.29. The molecule has 0 saturated heterocycles. The lowest BCUT2D eigenvalue weighted by molar-refractivity contribution is -0.118. The molecule has 2 aromatic rings. The van der Waals surface area contributed by atoms with Gasteiger partial charge in [0.25, 0.3) is 0 Å². The van der Waals surface area contributed by atoms with Crippen molar-refractivity contribution in [1.82, 2.24) is 15.6 Å². The molecule has 4 N–H and O–H groups in total. The third-order valence-electron chi connectivity index (χ3n) is 3.20. The van der Waals surface area contributed by atoms with E-state index < -0.39 is 0 Å². The van der Waals surface area contributed by atoms with Gasteiger partial charge in [-0.25, -0.2) is 4.98 Å². The average Bonchev–Trinajstić information content (AvgIpc) is 3.16. The van der Waals surface area contributed by atoms with Crippen molar-refractivity contribution in [2.75, 3.05) is 13.1 Å². The summed E-state index contributed by atoms with van der Waals surface area (Å²) in [5.41, 5.74) is 6.76. The van der Waals surface area contributed by atoms with Crippen LogP contribution in [0.4, 0.5) is 5.13 Å². The van der Waals surface area contributed by atoms with Crippen LogP contribution in [0.1, 0.15) is 31.6 Å². The van der Waals surface area contributed by atoms with Crippen LogP contribution in [-0.4, -0.2) is 29.9 Å². The van der Waals surface area contributed by atoms with E-state index in [9.17, 15) is 4.79 Å². The van der Waals surface area contributed by atoms with Crippen molar-refractivity contribution in [2.45, 2.75) is 33.1 Å². The fourth-order valence-corrected chi connectivity index (χ4v) is 3.72. The fourth-order valence-electron chi connectivity index (χ4n) is 1.98. The van der Waals surface area contributed by atoms with E-state index in [1.54, 1.807) is 11.3 Å². The highest BCUT2D eigenvalue weighted by Crippen LogP contribution is 2.31. The smallest absolute Gasteiger partial charge is 0.216 e. The van der Waals surface area contributed by atoms with Gasteiger partial charge in [-0.15, -0.1) is 22.7 Å². The summed E-state index contributed by atoms with van der Waals surface area (Å²) >= 11 is 3.16. The number of thiazole rings is 1. The molecule has 0 aliphatic carbocycles. The number of rotatable bonds is 8. The maximum Gasteiger partial charge on any atom is 0.216 e. The SMILES string of the molecule is CCCCN/C(N)=N/c1nc(-c2ccc(CCNC(C)=O)s2)cs1. The summed E-state index contributed by atoms with van der Waals surface area (Å²) in [5, 5.41) is 8.53. The van der Waals surface area contributed by atoms with Gasteiger partial charge in [0.15, 0.2) is 5.96 Å². The van der Waals surface area contributed by atoms with Crippen molar-refractivity contribution in [3.63, 3.8) is 0 Å². The fraction of sp³-hybridized carbons (Fsp3) is 0.438. The molecular formula is C16H23N5OS2. The number of nitrogens with zero attached hydrogens (tertiary/aromatic N) is 2. The van der Waals surface area contributed by atoms with E-state index in [-0.39, 0.29) is 5.91 Å². The van der Waals surface area contributed by atoms with Crippen molar-refractivity contribution < 1.29 is 4.79 Å². The lowest BCUT2D eigenvalue weighted by Crippen LogP contribution is -2.31. The van der Waals surface area contributed by atoms with E-state index in [1.165, 1.54) is 23.1 Å². The van der Waals surface area contributed by atoms with Crippen LogP contribution in [0.3, 0.4) is 0 Å². The van der Waals surface area contributed by atoms with Gasteiger partial charge < -0.3 is 16.4 Å². The summed E-state index contributed by atoms with van der Waals surface area (Å²) in [6.45, 7) is 5.14. The molecule has 24 heavy (non-hydrogen) atoms. The highest BCUT2D eigenvalue weighted by atomic mass is 32.1. The third-order valence-corrected chi connectivity index (χ3v) is 5.11. The van der Waals surface area contributed by atoms with Crippen LogP contribution >= 0.6 is 22.7 Å². The number of aromatic nitrogens is 1. The number of hydrogen-bond acceptors (Lipinski definition) is 5. The van der Waals surface area contributed by atoms with Gasteiger partial charge in [-0.1, -0.05) is 13.3 Å². The number of guanidine groups is 1. The van der Waals surface area contributed by atoms with Crippen LogP contribution in [0, 0.1) is 0 Å². The first-order valence-corrected chi connectivity index (χ1v) is 9.65. The van der Waals surface area contributed by atoms with E-state index >= 15 is 0 Å². The van der Waals surface area contributed by atoms with Gasteiger partial charge in [0.05, 0.1) is 10.6 Å². The van der Waals surface area contributed by atoms with E-state index in [0.717, 1.165) is 36.4 Å². The summed E-state index contributed by atoms with van der Waals surface area (Å²) in [6.07, 6.45) is 3.01. The molecule has 6 nitrogen and oxygen atoms in total. The molecule has 0 unspecified atom stereocenters. The molecule has 0 aliphatic heterocycles. The Labute approximate surface area is 150 Å². The first-order chi connectivity index (χ1) is 11.6. The topological polar surface area (TPSA) is 92.4 Å². The van der Waals surface area contributed by atoms with Crippen LogP contribution < -0.4 is 16.4 Å². The van der Waals surface area contributed by atoms with Crippen molar-refractivity contribution in [1.29, 1.82) is 0 Å². The molecule has 1 amide bonds. The third kappa shape index (κ3) is 5.93. The first-order valence-electron chi connectivity index (χ1n) is 7.95. The minimum Gasteiger partial charge on any atom is -0.370 e. The highest BCUT2D eigenvalue weighted by molar-refractivity contribution is 7.16. The predicted molar refractivity (Wildman–Crippen MR) is 102 cm³/mol. The van der Waals surface area contributed by atoms with Gasteiger partial charge in [0.1, 0.15) is 0 Å². The number of thiophene rings is 1. The van der Waals surface area contributed by atoms with E-state index in [0.29, 0.717) is 17.6 Å². The Morgan fingerprint density at radius 3 is 2.92 bits per heavy atom. The maximum absolute atomic E-state index is 10.9. The Morgan fingerprint density at radius 2 is 2.17 bits per heavy atom. The summed E-state index contributed by atoms with van der Waals surface area (Å²) in [6, 6.07) is 4.13. The number of carbonyl (C=O) groups is 1. The quantitative estimate of drug-likeness (QED) is 0.381. The van der Waals surface area contributed by atoms with Gasteiger partial charge in [-0.05, 0) is 25.0 Å². The van der Waals surface area contributed by atoms with Crippen molar-refractivity contribution in [2.24, 2.45) is 10.7 Å². The van der Waals surface area contributed by atoms with E-state index in [2.05, 4.69) is 39.7 Å². The Hall–Kier alpha value is -1.93. The van der Waals surface area contributed by atoms with E-state index in [4.69, 9.17) is 5.73 Å². The van der Waals surface area contributed by atoms with Crippen molar-refractivity contribution in [3.05, 3.63) is 22.4 Å². The predicted octanol–water partition coefficient (Wildman–Crippen LogP) is 2.89. The molecular weight excluding hydrogens is 342 g/mol. The van der Waals surface area contributed by atoms with Crippen molar-refractivity contribution in [3.8, 4) is 10.6 Å². The minimum absolute atomic E-state index is 0.00100. The van der Waals surface area contributed by atoms with Gasteiger partial charge in [0, 0.05) is 30.3 Å². The molecule has 0 fully saturated rings. The van der Waals surface area contributed by atoms with Crippen LogP contribution in [0.5, 0.6) is 0 Å². The van der Waals surface area contributed by atoms with Crippen molar-refractivity contribution >= 4 is 39.7 Å². The number of aliphatic imine (C=N–C) groups is 1. The number of nitrogens with one attached hydrogen (secondary N) is 2. The molecule has 2 heterocycles. The molecule has 0 radical (unpaired) electrons. The van der Waals surface area contributed by atoms with Crippen LogP contribution in [-0.2, 0) is 11.2 Å². The van der Waals surface area contributed by atoms with Gasteiger partial charge in [-0.2, -0.15) is 4.99 Å². The van der Waals surface area contributed by atoms with Crippen LogP contribution in [0.15, 0.2) is 22.5 Å². The lowest BCUT2D eigenvalue weighted by atomic mass is 10.3. The summed E-state index contributed by atoms with van der Waals surface area (Å²) in [4.78, 5) is 22.0. The summed E-state index contributed by atoms with van der Waals surface area (Å²) in [7, 11) is 0. The molecule has 0 saturated carbocycles. The molecule has 0 aromatic carbocycles. The van der Waals surface area contributed by atoms with Gasteiger partial charge in [0.2, 0.25) is 11.0 Å².